The number of methoxy groups -OCH3 is 1. The topological polar surface area (TPSA) is 55.8 Å². The van der Waals surface area contributed by atoms with Crippen LogP contribution < -0.4 is 10.4 Å². The van der Waals surface area contributed by atoms with Crippen LogP contribution in [0.1, 0.15) is 27.2 Å². The van der Waals surface area contributed by atoms with E-state index in [1.165, 1.54) is 0 Å². The van der Waals surface area contributed by atoms with Gasteiger partial charge in [0.2, 0.25) is 0 Å². The minimum absolute atomic E-state index is 0.0648. The molecule has 0 amide bonds. The maximum atomic E-state index is 13.9. The molecule has 6 heteroatoms. The van der Waals surface area contributed by atoms with E-state index in [9.17, 15) is 14.3 Å². The number of halogens is 1. The number of aliphatic hydroxyl groups excluding tert-OH is 1. The Balaban J connectivity index is 2.38. The van der Waals surface area contributed by atoms with Crippen molar-refractivity contribution in [3.05, 3.63) is 60.7 Å². The molecule has 0 fully saturated rings. The van der Waals surface area contributed by atoms with Crippen LogP contribution >= 0.6 is 0 Å². The van der Waals surface area contributed by atoms with E-state index < -0.39 is 26.6 Å². The molecule has 0 aliphatic rings. The van der Waals surface area contributed by atoms with Gasteiger partial charge in [-0.3, -0.25) is 0 Å². The highest BCUT2D eigenvalue weighted by Gasteiger charge is 2.50. The van der Waals surface area contributed by atoms with Crippen molar-refractivity contribution < 1.29 is 23.5 Å². The summed E-state index contributed by atoms with van der Waals surface area (Å²) in [7, 11) is -1.67. The number of hydrogen-bond acceptors (Lipinski definition) is 4. The first-order valence-corrected chi connectivity index (χ1v) is 11.3. The lowest BCUT2D eigenvalue weighted by Crippen LogP contribution is -2.67. The lowest BCUT2D eigenvalue weighted by atomic mass is 10.2. The normalized spacial score (nSPS) is 14.4. The fourth-order valence-corrected chi connectivity index (χ4v) is 8.11. The Morgan fingerprint density at radius 2 is 1.50 bits per heavy atom. The van der Waals surface area contributed by atoms with Crippen LogP contribution in [0.5, 0.6) is 0 Å². The van der Waals surface area contributed by atoms with Crippen molar-refractivity contribution in [1.82, 2.24) is 0 Å². The fraction of sp³-hybridized carbons (Fsp3) is 0.409. The molecular weight excluding hydrogens is 375 g/mol. The zero-order chi connectivity index (χ0) is 20.8. The van der Waals surface area contributed by atoms with Crippen molar-refractivity contribution in [2.24, 2.45) is 0 Å². The summed E-state index contributed by atoms with van der Waals surface area (Å²) in [4.78, 5) is 11.3. The summed E-state index contributed by atoms with van der Waals surface area (Å²) >= 11 is 0. The van der Waals surface area contributed by atoms with Crippen LogP contribution in [0.25, 0.3) is 0 Å². The van der Waals surface area contributed by atoms with Gasteiger partial charge in [-0.2, -0.15) is 0 Å². The number of ether oxygens (including phenoxy) is 1. The molecule has 0 heterocycles. The second-order valence-electron chi connectivity index (χ2n) is 7.85. The Morgan fingerprint density at radius 3 is 1.89 bits per heavy atom. The van der Waals surface area contributed by atoms with E-state index in [-0.39, 0.29) is 18.1 Å². The van der Waals surface area contributed by atoms with Gasteiger partial charge in [-0.25, -0.2) is 9.18 Å². The summed E-state index contributed by atoms with van der Waals surface area (Å²) in [5, 5.41) is 12.2. The number of benzene rings is 2. The number of esters is 1. The molecule has 2 rings (SSSR count). The average Bonchev–Trinajstić information content (AvgIpc) is 2.68. The third-order valence-electron chi connectivity index (χ3n) is 4.84. The largest absolute Gasteiger partial charge is 0.467 e. The number of aliphatic hydroxyl groups is 1. The number of rotatable bonds is 8. The van der Waals surface area contributed by atoms with Gasteiger partial charge in [0.05, 0.1) is 19.8 Å². The van der Waals surface area contributed by atoms with Gasteiger partial charge in [0.25, 0.3) is 8.32 Å². The Bertz CT molecular complexity index is 707. The molecule has 0 aliphatic carbocycles. The van der Waals surface area contributed by atoms with Crippen LogP contribution in [-0.2, 0) is 14.0 Å². The smallest absolute Gasteiger partial charge is 0.340 e. The molecule has 2 atom stereocenters. The summed E-state index contributed by atoms with van der Waals surface area (Å²) in [6.07, 6.45) is -3.34. The van der Waals surface area contributed by atoms with Gasteiger partial charge >= 0.3 is 5.97 Å². The van der Waals surface area contributed by atoms with Crippen molar-refractivity contribution in [1.29, 1.82) is 0 Å². The van der Waals surface area contributed by atoms with Crippen molar-refractivity contribution in [2.45, 2.75) is 44.5 Å². The first kappa shape index (κ1) is 22.3. The quantitative estimate of drug-likeness (QED) is 0.543. The molecule has 1 N–H and O–H groups in total. The number of hydrogen-bond donors (Lipinski definition) is 1. The Hall–Kier alpha value is -2.02. The van der Waals surface area contributed by atoms with E-state index in [0.29, 0.717) is 0 Å². The highest BCUT2D eigenvalue weighted by Crippen LogP contribution is 2.36. The predicted octanol–water partition coefficient (Wildman–Crippen LogP) is 2.83. The van der Waals surface area contributed by atoms with Gasteiger partial charge in [-0.15, -0.1) is 0 Å². The molecule has 0 aliphatic heterocycles. The minimum Gasteiger partial charge on any atom is -0.467 e. The maximum absolute atomic E-state index is 13.9. The number of alkyl halides is 1. The molecule has 0 saturated carbocycles. The lowest BCUT2D eigenvalue weighted by molar-refractivity contribution is -0.147. The van der Waals surface area contributed by atoms with Crippen LogP contribution in [-0.4, -0.2) is 45.4 Å². The summed E-state index contributed by atoms with van der Waals surface area (Å²) < 4.78 is 24.8. The van der Waals surface area contributed by atoms with Crippen molar-refractivity contribution in [3.8, 4) is 0 Å². The van der Waals surface area contributed by atoms with E-state index in [1.54, 1.807) is 0 Å². The summed E-state index contributed by atoms with van der Waals surface area (Å²) in [5.74, 6) is -0.982. The van der Waals surface area contributed by atoms with Crippen molar-refractivity contribution in [2.75, 3.05) is 13.7 Å². The zero-order valence-electron chi connectivity index (χ0n) is 16.9. The van der Waals surface area contributed by atoms with E-state index in [2.05, 4.69) is 25.5 Å². The molecule has 0 unspecified atom stereocenters. The molecule has 4 nitrogen and oxygen atoms in total. The third kappa shape index (κ3) is 4.87. The van der Waals surface area contributed by atoms with Gasteiger partial charge < -0.3 is 14.3 Å². The molecule has 2 aromatic carbocycles. The molecule has 0 bridgehead atoms. The molecule has 2 aromatic rings. The second kappa shape index (κ2) is 9.45. The van der Waals surface area contributed by atoms with Crippen LogP contribution in [0.3, 0.4) is 0 Å². The standard InChI is InChI=1S/C22H29FO4Si/c1-22(2,3)28(18-11-7-5-8-12-18,19-13-9-6-10-14-19)27-16-17(24)15-20(23)21(25)26-4/h5-14,17,20,24H,15-16H2,1-4H3/t17-,20-/m0/s1. The molecule has 0 aromatic heterocycles. The Labute approximate surface area is 167 Å². The van der Waals surface area contributed by atoms with Gasteiger partial charge in [0, 0.05) is 6.42 Å². The summed E-state index contributed by atoms with van der Waals surface area (Å²) in [6, 6.07) is 20.0. The minimum atomic E-state index is -2.80. The average molecular weight is 405 g/mol. The van der Waals surface area contributed by atoms with E-state index in [0.717, 1.165) is 17.5 Å². The zero-order valence-corrected chi connectivity index (χ0v) is 17.9. The summed E-state index contributed by atoms with van der Waals surface area (Å²) in [5.41, 5.74) is 0. The lowest BCUT2D eigenvalue weighted by Gasteiger charge is -2.43. The maximum Gasteiger partial charge on any atom is 0.340 e. The van der Waals surface area contributed by atoms with E-state index in [4.69, 9.17) is 4.43 Å². The molecule has 28 heavy (non-hydrogen) atoms. The van der Waals surface area contributed by atoms with E-state index >= 15 is 0 Å². The second-order valence-corrected chi connectivity index (χ2v) is 12.2. The number of carbonyl (C=O) groups excluding carboxylic acids is 1. The molecular formula is C22H29FO4Si. The summed E-state index contributed by atoms with van der Waals surface area (Å²) in [6.45, 7) is 6.30. The van der Waals surface area contributed by atoms with Crippen LogP contribution in [0.15, 0.2) is 60.7 Å². The number of carbonyl (C=O) groups is 1. The van der Waals surface area contributed by atoms with Crippen LogP contribution in [0, 0.1) is 0 Å². The first-order chi connectivity index (χ1) is 13.2. The van der Waals surface area contributed by atoms with Gasteiger partial charge in [0.1, 0.15) is 0 Å². The molecule has 0 radical (unpaired) electrons. The Kier molecular flexibility index (Phi) is 7.52. The van der Waals surface area contributed by atoms with Crippen LogP contribution in [0.2, 0.25) is 5.04 Å². The fourth-order valence-electron chi connectivity index (χ4n) is 3.51. The van der Waals surface area contributed by atoms with Crippen molar-refractivity contribution >= 4 is 24.7 Å². The van der Waals surface area contributed by atoms with Gasteiger partial charge in [-0.05, 0) is 15.4 Å². The highest BCUT2D eigenvalue weighted by molar-refractivity contribution is 6.99. The van der Waals surface area contributed by atoms with Gasteiger partial charge in [-0.1, -0.05) is 81.4 Å². The monoisotopic (exact) mass is 404 g/mol. The SMILES string of the molecule is COC(=O)[C@@H](F)C[C@H](O)CO[Si](c1ccccc1)(c1ccccc1)C(C)(C)C. The van der Waals surface area contributed by atoms with Crippen molar-refractivity contribution in [3.63, 3.8) is 0 Å². The molecule has 0 saturated heterocycles. The molecule has 152 valence electrons. The first-order valence-electron chi connectivity index (χ1n) is 9.37. The Morgan fingerprint density at radius 1 is 1.04 bits per heavy atom. The highest BCUT2D eigenvalue weighted by atomic mass is 28.4. The third-order valence-corrected chi connectivity index (χ3v) is 9.85. The van der Waals surface area contributed by atoms with Gasteiger partial charge in [0.15, 0.2) is 6.17 Å². The van der Waals surface area contributed by atoms with Crippen LogP contribution in [0.4, 0.5) is 4.39 Å². The molecule has 0 spiro atoms. The predicted molar refractivity (Wildman–Crippen MR) is 111 cm³/mol. The van der Waals surface area contributed by atoms with E-state index in [1.807, 2.05) is 60.7 Å².